The minimum absolute atomic E-state index is 0.473. The van der Waals surface area contributed by atoms with Crippen molar-refractivity contribution >= 4 is 12.4 Å². The standard InChI is InChI=1S/C15H23BF3O/c1-4-6-7-13(5-2)11-20-15-9-8-14(10-12(15)3)16(17,18)19/h8-10,13H,4-7,11H2,1-3H3/q-1. The molecule has 114 valence electrons. The summed E-state index contributed by atoms with van der Waals surface area (Å²) in [6.45, 7) is 1.57. The maximum atomic E-state index is 12.6. The van der Waals surface area contributed by atoms with Gasteiger partial charge >= 0.3 is 6.98 Å². The van der Waals surface area contributed by atoms with Gasteiger partial charge in [-0.15, -0.1) is 5.46 Å². The van der Waals surface area contributed by atoms with Crippen molar-refractivity contribution in [1.82, 2.24) is 0 Å². The number of hydrogen-bond donors (Lipinski definition) is 0. The van der Waals surface area contributed by atoms with Crippen molar-refractivity contribution in [3.63, 3.8) is 0 Å². The Labute approximate surface area is 119 Å². The van der Waals surface area contributed by atoms with Gasteiger partial charge in [-0.25, -0.2) is 0 Å². The van der Waals surface area contributed by atoms with E-state index in [2.05, 4.69) is 13.8 Å². The molecule has 0 spiro atoms. The van der Waals surface area contributed by atoms with E-state index in [-0.39, 0.29) is 0 Å². The number of rotatable bonds is 8. The Balaban J connectivity index is 2.64. The highest BCUT2D eigenvalue weighted by Gasteiger charge is 2.25. The first-order valence-corrected chi connectivity index (χ1v) is 7.31. The summed E-state index contributed by atoms with van der Waals surface area (Å²) in [7, 11) is 0. The number of hydrogen-bond acceptors (Lipinski definition) is 1. The molecule has 0 aliphatic rings. The van der Waals surface area contributed by atoms with Crippen molar-refractivity contribution < 1.29 is 17.7 Å². The van der Waals surface area contributed by atoms with Gasteiger partial charge in [-0.2, -0.15) is 0 Å². The van der Waals surface area contributed by atoms with Gasteiger partial charge in [0.2, 0.25) is 0 Å². The summed E-state index contributed by atoms with van der Waals surface area (Å²) in [5, 5.41) is 0. The summed E-state index contributed by atoms with van der Waals surface area (Å²) in [6, 6.07) is 3.71. The molecule has 0 radical (unpaired) electrons. The monoisotopic (exact) mass is 287 g/mol. The van der Waals surface area contributed by atoms with Crippen LogP contribution in [0.2, 0.25) is 0 Å². The molecule has 5 heteroatoms. The largest absolute Gasteiger partial charge is 0.509 e. The van der Waals surface area contributed by atoms with Gasteiger partial charge in [-0.05, 0) is 30.9 Å². The van der Waals surface area contributed by atoms with E-state index < -0.39 is 12.4 Å². The Morgan fingerprint density at radius 1 is 1.20 bits per heavy atom. The lowest BCUT2D eigenvalue weighted by Gasteiger charge is -2.19. The Morgan fingerprint density at radius 3 is 2.40 bits per heavy atom. The van der Waals surface area contributed by atoms with Crippen molar-refractivity contribution in [2.45, 2.75) is 46.5 Å². The summed E-state index contributed by atoms with van der Waals surface area (Å²) in [5.74, 6) is 1.03. The molecule has 0 amide bonds. The number of benzene rings is 1. The number of aryl methyl sites for hydroxylation is 1. The van der Waals surface area contributed by atoms with Crippen molar-refractivity contribution in [2.75, 3.05) is 6.61 Å². The molecule has 0 aliphatic heterocycles. The van der Waals surface area contributed by atoms with Gasteiger partial charge < -0.3 is 17.7 Å². The van der Waals surface area contributed by atoms with Crippen LogP contribution in [0.3, 0.4) is 0 Å². The predicted molar refractivity (Wildman–Crippen MR) is 78.7 cm³/mol. The minimum atomic E-state index is -4.93. The lowest BCUT2D eigenvalue weighted by Crippen LogP contribution is -2.34. The first-order chi connectivity index (χ1) is 9.38. The van der Waals surface area contributed by atoms with E-state index >= 15 is 0 Å². The molecule has 0 saturated carbocycles. The van der Waals surface area contributed by atoms with Crippen LogP contribution >= 0.6 is 0 Å². The molecule has 0 aromatic heterocycles. The highest BCUT2D eigenvalue weighted by Crippen LogP contribution is 2.21. The molecule has 1 atom stereocenters. The van der Waals surface area contributed by atoms with Crippen molar-refractivity contribution in [1.29, 1.82) is 0 Å². The zero-order valence-corrected chi connectivity index (χ0v) is 12.5. The molecule has 0 fully saturated rings. The molecule has 1 aromatic carbocycles. The first kappa shape index (κ1) is 16.9. The van der Waals surface area contributed by atoms with Crippen LogP contribution in [0, 0.1) is 12.8 Å². The van der Waals surface area contributed by atoms with Crippen molar-refractivity contribution in [3.05, 3.63) is 23.8 Å². The SMILES string of the molecule is CCCCC(CC)COc1ccc([B-](F)(F)F)cc1C. The van der Waals surface area contributed by atoms with Crippen LogP contribution in [-0.4, -0.2) is 13.6 Å². The fourth-order valence-corrected chi connectivity index (χ4v) is 2.14. The van der Waals surface area contributed by atoms with Gasteiger partial charge in [0.25, 0.3) is 0 Å². The topological polar surface area (TPSA) is 9.23 Å². The Kier molecular flexibility index (Phi) is 6.43. The van der Waals surface area contributed by atoms with Crippen LogP contribution in [0.5, 0.6) is 5.75 Å². The molecule has 20 heavy (non-hydrogen) atoms. The van der Waals surface area contributed by atoms with Gasteiger partial charge in [0.1, 0.15) is 5.75 Å². The number of unbranched alkanes of at least 4 members (excludes halogenated alkanes) is 1. The predicted octanol–water partition coefficient (Wildman–Crippen LogP) is 4.64. The second-order valence-electron chi connectivity index (χ2n) is 5.33. The molecular weight excluding hydrogens is 264 g/mol. The maximum Gasteiger partial charge on any atom is 0.509 e. The minimum Gasteiger partial charge on any atom is -0.493 e. The molecule has 0 heterocycles. The van der Waals surface area contributed by atoms with Crippen LogP contribution in [0.1, 0.15) is 45.1 Å². The molecule has 0 bridgehead atoms. The molecule has 0 saturated heterocycles. The maximum absolute atomic E-state index is 12.6. The third-order valence-corrected chi connectivity index (χ3v) is 3.59. The first-order valence-electron chi connectivity index (χ1n) is 7.31. The van der Waals surface area contributed by atoms with Gasteiger partial charge in [0, 0.05) is 0 Å². The average Bonchev–Trinajstić information content (AvgIpc) is 2.39. The van der Waals surface area contributed by atoms with Crippen LogP contribution in [0.15, 0.2) is 18.2 Å². The molecule has 1 nitrogen and oxygen atoms in total. The van der Waals surface area contributed by atoms with E-state index in [1.54, 1.807) is 6.92 Å². The quantitative estimate of drug-likeness (QED) is 0.633. The summed E-state index contributed by atoms with van der Waals surface area (Å²) < 4.78 is 43.6. The van der Waals surface area contributed by atoms with E-state index in [9.17, 15) is 12.9 Å². The third kappa shape index (κ3) is 5.10. The second kappa shape index (κ2) is 7.60. The average molecular weight is 287 g/mol. The summed E-state index contributed by atoms with van der Waals surface area (Å²) in [6.07, 6.45) is 4.45. The second-order valence-corrected chi connectivity index (χ2v) is 5.33. The van der Waals surface area contributed by atoms with E-state index in [0.29, 0.717) is 23.8 Å². The molecule has 1 aromatic rings. The fourth-order valence-electron chi connectivity index (χ4n) is 2.14. The van der Waals surface area contributed by atoms with Crippen molar-refractivity contribution in [3.8, 4) is 5.75 Å². The van der Waals surface area contributed by atoms with E-state index in [4.69, 9.17) is 4.74 Å². The van der Waals surface area contributed by atoms with E-state index in [0.717, 1.165) is 31.7 Å². The zero-order valence-electron chi connectivity index (χ0n) is 12.5. The van der Waals surface area contributed by atoms with E-state index in [1.165, 1.54) is 12.1 Å². The van der Waals surface area contributed by atoms with Crippen LogP contribution in [0.25, 0.3) is 0 Å². The van der Waals surface area contributed by atoms with Crippen LogP contribution < -0.4 is 10.2 Å². The summed E-state index contributed by atoms with van der Waals surface area (Å²) >= 11 is 0. The third-order valence-electron chi connectivity index (χ3n) is 3.59. The molecular formula is C15H23BF3O-. The summed E-state index contributed by atoms with van der Waals surface area (Å²) in [4.78, 5) is 0. The highest BCUT2D eigenvalue weighted by molar-refractivity contribution is 6.73. The van der Waals surface area contributed by atoms with Crippen molar-refractivity contribution in [2.24, 2.45) is 5.92 Å². The van der Waals surface area contributed by atoms with Crippen LogP contribution in [0.4, 0.5) is 12.9 Å². The number of halogens is 3. The lowest BCUT2D eigenvalue weighted by atomic mass is 9.79. The fraction of sp³-hybridized carbons (Fsp3) is 0.600. The normalized spacial score (nSPS) is 13.3. The van der Waals surface area contributed by atoms with Gasteiger partial charge in [0.05, 0.1) is 6.61 Å². The van der Waals surface area contributed by atoms with Gasteiger partial charge in [-0.3, -0.25) is 0 Å². The Bertz CT molecular complexity index is 418. The van der Waals surface area contributed by atoms with Crippen LogP contribution in [-0.2, 0) is 0 Å². The lowest BCUT2D eigenvalue weighted by molar-refractivity contribution is 0.232. The number of ether oxygens (including phenoxy) is 1. The molecule has 1 unspecified atom stereocenters. The zero-order chi connectivity index (χ0) is 15.2. The van der Waals surface area contributed by atoms with Gasteiger partial charge in [0.15, 0.2) is 0 Å². The molecule has 1 rings (SSSR count). The van der Waals surface area contributed by atoms with E-state index in [1.807, 2.05) is 0 Å². The molecule has 0 N–H and O–H groups in total. The Morgan fingerprint density at radius 2 is 1.90 bits per heavy atom. The van der Waals surface area contributed by atoms with Gasteiger partial charge in [-0.1, -0.05) is 45.2 Å². The Hall–Kier alpha value is -1.13. The molecule has 0 aliphatic carbocycles. The smallest absolute Gasteiger partial charge is 0.493 e. The summed E-state index contributed by atoms with van der Waals surface area (Å²) in [5.41, 5.74) is -0.0140. The highest BCUT2D eigenvalue weighted by atomic mass is 19.4.